The largest absolute Gasteiger partial charge is 0.473 e. The van der Waals surface area contributed by atoms with Gasteiger partial charge in [-0.05, 0) is 28.1 Å². The van der Waals surface area contributed by atoms with Gasteiger partial charge >= 0.3 is 0 Å². The number of hydrogen-bond donors (Lipinski definition) is 0. The van der Waals surface area contributed by atoms with Crippen molar-refractivity contribution < 1.29 is 9.15 Å². The van der Waals surface area contributed by atoms with Crippen LogP contribution in [0.25, 0.3) is 11.1 Å². The molecule has 3 rings (SSSR count). The molecular formula is C14H11BrN2O2. The van der Waals surface area contributed by atoms with E-state index >= 15 is 0 Å². The second-order valence-corrected chi connectivity index (χ2v) is 4.90. The summed E-state index contributed by atoms with van der Waals surface area (Å²) < 4.78 is 12.0. The van der Waals surface area contributed by atoms with Crippen molar-refractivity contribution >= 4 is 27.0 Å². The number of benzene rings is 1. The van der Waals surface area contributed by atoms with Gasteiger partial charge in [0, 0.05) is 18.6 Å². The van der Waals surface area contributed by atoms with Crippen LogP contribution in [0.15, 0.2) is 45.4 Å². The van der Waals surface area contributed by atoms with Gasteiger partial charge in [-0.25, -0.2) is 9.97 Å². The van der Waals surface area contributed by atoms with E-state index in [2.05, 4.69) is 25.9 Å². The van der Waals surface area contributed by atoms with Gasteiger partial charge in [-0.2, -0.15) is 0 Å². The lowest BCUT2D eigenvalue weighted by atomic mass is 10.2. The molecule has 4 nitrogen and oxygen atoms in total. The Morgan fingerprint density at radius 3 is 2.84 bits per heavy atom. The van der Waals surface area contributed by atoms with Crippen molar-refractivity contribution in [1.82, 2.24) is 9.97 Å². The molecule has 0 N–H and O–H groups in total. The fraction of sp³-hybridized carbons (Fsp3) is 0.143. The van der Waals surface area contributed by atoms with Crippen molar-refractivity contribution in [3.05, 3.63) is 52.5 Å². The molecule has 0 aliphatic heterocycles. The van der Waals surface area contributed by atoms with Crippen LogP contribution >= 0.6 is 15.9 Å². The highest BCUT2D eigenvalue weighted by molar-refractivity contribution is 9.10. The van der Waals surface area contributed by atoms with Crippen LogP contribution in [-0.4, -0.2) is 9.97 Å². The first-order chi connectivity index (χ1) is 9.22. The summed E-state index contributed by atoms with van der Waals surface area (Å²) in [5.41, 5.74) is 2.58. The lowest BCUT2D eigenvalue weighted by molar-refractivity contribution is 0.293. The van der Waals surface area contributed by atoms with Gasteiger partial charge in [-0.3, -0.25) is 0 Å². The molecule has 0 aliphatic carbocycles. The number of pyridine rings is 1. The summed E-state index contributed by atoms with van der Waals surface area (Å²) >= 11 is 3.31. The molecule has 1 aromatic carbocycles. The van der Waals surface area contributed by atoms with Gasteiger partial charge in [0.25, 0.3) is 0 Å². The molecule has 3 aromatic rings. The summed E-state index contributed by atoms with van der Waals surface area (Å²) in [5.74, 6) is 1.23. The zero-order valence-electron chi connectivity index (χ0n) is 10.3. The topological polar surface area (TPSA) is 48.2 Å². The van der Waals surface area contributed by atoms with Crippen molar-refractivity contribution in [2.75, 3.05) is 0 Å². The van der Waals surface area contributed by atoms with E-state index in [-0.39, 0.29) is 0 Å². The molecule has 0 amide bonds. The van der Waals surface area contributed by atoms with Gasteiger partial charge in [0.1, 0.15) is 16.7 Å². The number of oxazole rings is 1. The molecule has 0 saturated carbocycles. The summed E-state index contributed by atoms with van der Waals surface area (Å²) in [5, 5.41) is 0. The van der Waals surface area contributed by atoms with E-state index in [0.29, 0.717) is 18.4 Å². The van der Waals surface area contributed by atoms with E-state index < -0.39 is 0 Å². The number of ether oxygens (including phenoxy) is 1. The van der Waals surface area contributed by atoms with Crippen molar-refractivity contribution in [3.63, 3.8) is 0 Å². The van der Waals surface area contributed by atoms with E-state index in [0.717, 1.165) is 21.3 Å². The third-order valence-corrected chi connectivity index (χ3v) is 3.11. The molecule has 19 heavy (non-hydrogen) atoms. The molecule has 5 heteroatoms. The summed E-state index contributed by atoms with van der Waals surface area (Å²) in [4.78, 5) is 8.52. The van der Waals surface area contributed by atoms with Crippen molar-refractivity contribution in [1.29, 1.82) is 0 Å². The van der Waals surface area contributed by atoms with Crippen LogP contribution in [0.4, 0.5) is 0 Å². The Morgan fingerprint density at radius 2 is 2.00 bits per heavy atom. The Bertz CT molecular complexity index is 724. The lowest BCUT2D eigenvalue weighted by Crippen LogP contribution is -1.97. The highest BCUT2D eigenvalue weighted by atomic mass is 79.9. The summed E-state index contributed by atoms with van der Waals surface area (Å²) in [6, 6.07) is 11.4. The van der Waals surface area contributed by atoms with Crippen LogP contribution in [0.5, 0.6) is 5.88 Å². The fourth-order valence-corrected chi connectivity index (χ4v) is 2.18. The molecular weight excluding hydrogens is 308 g/mol. The Labute approximate surface area is 118 Å². The van der Waals surface area contributed by atoms with Crippen molar-refractivity contribution in [2.24, 2.45) is 0 Å². The number of aryl methyl sites for hydroxylation is 1. The van der Waals surface area contributed by atoms with E-state index in [4.69, 9.17) is 9.15 Å². The molecule has 0 spiro atoms. The number of hydrogen-bond acceptors (Lipinski definition) is 4. The van der Waals surface area contributed by atoms with Gasteiger partial charge in [0.2, 0.25) is 5.88 Å². The van der Waals surface area contributed by atoms with Crippen LogP contribution in [0.2, 0.25) is 0 Å². The quantitative estimate of drug-likeness (QED) is 0.688. The Balaban J connectivity index is 1.85. The smallest absolute Gasteiger partial charge is 0.214 e. The molecule has 0 unspecified atom stereocenters. The maximum absolute atomic E-state index is 5.66. The molecule has 0 saturated heterocycles. The Kier molecular flexibility index (Phi) is 3.21. The average molecular weight is 319 g/mol. The average Bonchev–Trinajstić information content (AvgIpc) is 2.77. The molecule has 0 atom stereocenters. The van der Waals surface area contributed by atoms with Gasteiger partial charge in [0.05, 0.1) is 0 Å². The molecule has 0 bridgehead atoms. The first-order valence-electron chi connectivity index (χ1n) is 5.83. The van der Waals surface area contributed by atoms with Gasteiger partial charge in [-0.15, -0.1) is 0 Å². The summed E-state index contributed by atoms with van der Waals surface area (Å²) in [6.45, 7) is 2.23. The normalized spacial score (nSPS) is 10.8. The molecule has 2 aromatic heterocycles. The van der Waals surface area contributed by atoms with Crippen LogP contribution in [-0.2, 0) is 6.61 Å². The van der Waals surface area contributed by atoms with Gasteiger partial charge in [0.15, 0.2) is 11.5 Å². The maximum Gasteiger partial charge on any atom is 0.214 e. The highest BCUT2D eigenvalue weighted by Crippen LogP contribution is 2.21. The first-order valence-corrected chi connectivity index (χ1v) is 6.62. The van der Waals surface area contributed by atoms with Gasteiger partial charge in [-0.1, -0.05) is 18.2 Å². The number of para-hydroxylation sites is 1. The first kappa shape index (κ1) is 12.2. The number of rotatable bonds is 3. The zero-order chi connectivity index (χ0) is 13.2. The molecule has 0 radical (unpaired) electrons. The van der Waals surface area contributed by atoms with E-state index in [9.17, 15) is 0 Å². The molecule has 0 fully saturated rings. The van der Waals surface area contributed by atoms with Crippen LogP contribution in [0, 0.1) is 6.92 Å². The SMILES string of the molecule is Cc1nc2cccc(COc3cccc(Br)n3)c2o1. The Morgan fingerprint density at radius 1 is 1.16 bits per heavy atom. The predicted octanol–water partition coefficient (Wildman–Crippen LogP) is 3.87. The van der Waals surface area contributed by atoms with E-state index in [1.165, 1.54) is 0 Å². The van der Waals surface area contributed by atoms with Gasteiger partial charge < -0.3 is 9.15 Å². The minimum Gasteiger partial charge on any atom is -0.473 e. The number of nitrogens with zero attached hydrogens (tertiary/aromatic N) is 2. The van der Waals surface area contributed by atoms with Crippen LogP contribution < -0.4 is 4.74 Å². The van der Waals surface area contributed by atoms with Crippen molar-refractivity contribution in [2.45, 2.75) is 13.5 Å². The zero-order valence-corrected chi connectivity index (χ0v) is 11.8. The summed E-state index contributed by atoms with van der Waals surface area (Å²) in [7, 11) is 0. The van der Waals surface area contributed by atoms with E-state index in [1.807, 2.05) is 43.3 Å². The standard InChI is InChI=1S/C14H11BrN2O2/c1-9-16-11-5-2-4-10(14(11)19-9)8-18-13-7-3-6-12(15)17-13/h2-7H,8H2,1H3. The second kappa shape index (κ2) is 5.01. The predicted molar refractivity (Wildman–Crippen MR) is 75.0 cm³/mol. The minimum absolute atomic E-state index is 0.398. The fourth-order valence-electron chi connectivity index (χ4n) is 1.85. The van der Waals surface area contributed by atoms with Crippen molar-refractivity contribution in [3.8, 4) is 5.88 Å². The third-order valence-electron chi connectivity index (χ3n) is 2.67. The summed E-state index contributed by atoms with van der Waals surface area (Å²) in [6.07, 6.45) is 0. The third kappa shape index (κ3) is 2.61. The molecule has 96 valence electrons. The highest BCUT2D eigenvalue weighted by Gasteiger charge is 2.08. The van der Waals surface area contributed by atoms with Crippen LogP contribution in [0.3, 0.4) is 0 Å². The lowest BCUT2D eigenvalue weighted by Gasteiger charge is -2.05. The number of halogens is 1. The van der Waals surface area contributed by atoms with Crippen LogP contribution in [0.1, 0.15) is 11.5 Å². The molecule has 2 heterocycles. The number of aromatic nitrogens is 2. The van der Waals surface area contributed by atoms with E-state index in [1.54, 1.807) is 0 Å². The molecule has 0 aliphatic rings. The monoisotopic (exact) mass is 318 g/mol. The second-order valence-electron chi connectivity index (χ2n) is 4.09. The minimum atomic E-state index is 0.398. The Hall–Kier alpha value is -1.88. The maximum atomic E-state index is 5.66. The number of fused-ring (bicyclic) bond motifs is 1.